The molecule has 2 heterocycles. The predicted octanol–water partition coefficient (Wildman–Crippen LogP) is 1.25. The fourth-order valence-corrected chi connectivity index (χ4v) is 4.00. The molecule has 11 nitrogen and oxygen atoms in total. The maximum Gasteiger partial charge on any atom is 0.407 e. The Kier molecular flexibility index (Phi) is 9.05. The molecule has 11 heteroatoms. The van der Waals surface area contributed by atoms with Crippen LogP contribution in [0.4, 0.5) is 4.79 Å². The third-order valence-corrected chi connectivity index (χ3v) is 5.69. The van der Waals surface area contributed by atoms with Gasteiger partial charge in [-0.3, -0.25) is 30.1 Å². The third-order valence-electron chi connectivity index (χ3n) is 5.69. The average molecular weight is 490 g/mol. The quantitative estimate of drug-likeness (QED) is 0.370. The molecule has 0 aromatic heterocycles. The van der Waals surface area contributed by atoms with Gasteiger partial charge in [0.2, 0.25) is 11.8 Å². The summed E-state index contributed by atoms with van der Waals surface area (Å²) < 4.78 is 5.12. The number of hydrogen-bond donors (Lipinski definition) is 3. The number of amides is 4. The van der Waals surface area contributed by atoms with Gasteiger partial charge in [0, 0.05) is 19.5 Å². The maximum atomic E-state index is 12.7. The van der Waals surface area contributed by atoms with E-state index >= 15 is 0 Å². The van der Waals surface area contributed by atoms with Crippen molar-refractivity contribution in [3.63, 3.8) is 0 Å². The molecule has 4 amide bonds. The molecule has 1 aromatic rings. The van der Waals surface area contributed by atoms with Gasteiger partial charge in [0.15, 0.2) is 0 Å². The van der Waals surface area contributed by atoms with Crippen LogP contribution in [-0.4, -0.2) is 71.1 Å². The van der Waals surface area contributed by atoms with E-state index in [2.05, 4.69) is 16.2 Å². The van der Waals surface area contributed by atoms with Crippen molar-refractivity contribution in [1.29, 1.82) is 0 Å². The van der Waals surface area contributed by atoms with Crippen molar-refractivity contribution < 1.29 is 28.8 Å². The number of carbonyl (C=O) groups is 4. The lowest BCUT2D eigenvalue weighted by atomic mass is 9.95. The highest BCUT2D eigenvalue weighted by atomic mass is 16.7. The van der Waals surface area contributed by atoms with Gasteiger partial charge in [-0.05, 0) is 45.6 Å². The Labute approximate surface area is 205 Å². The average Bonchev–Trinajstić information content (AvgIpc) is 2.81. The van der Waals surface area contributed by atoms with Crippen LogP contribution in [0.1, 0.15) is 52.0 Å². The number of nitrogens with zero attached hydrogens (tertiary/aromatic N) is 2. The van der Waals surface area contributed by atoms with E-state index in [1.165, 1.54) is 0 Å². The van der Waals surface area contributed by atoms with Gasteiger partial charge in [0.1, 0.15) is 18.2 Å². The van der Waals surface area contributed by atoms with Crippen molar-refractivity contribution in [2.75, 3.05) is 19.6 Å². The van der Waals surface area contributed by atoms with Crippen LogP contribution in [0.3, 0.4) is 0 Å². The van der Waals surface area contributed by atoms with Crippen molar-refractivity contribution in [1.82, 2.24) is 26.1 Å². The number of nitrogens with one attached hydrogen (secondary N) is 3. The summed E-state index contributed by atoms with van der Waals surface area (Å²) in [6.07, 6.45) is 1.12. The molecule has 2 unspecified atom stereocenters. The largest absolute Gasteiger partial charge is 0.444 e. The molecule has 0 saturated carbocycles. The molecule has 1 aromatic carbocycles. The topological polar surface area (TPSA) is 129 Å². The van der Waals surface area contributed by atoms with Crippen molar-refractivity contribution in [2.45, 2.75) is 70.7 Å². The molecule has 2 aliphatic heterocycles. The number of fused-ring (bicyclic) bond motifs is 2. The highest BCUT2D eigenvalue weighted by molar-refractivity contribution is 5.90. The van der Waals surface area contributed by atoms with Crippen LogP contribution >= 0.6 is 0 Å². The van der Waals surface area contributed by atoms with E-state index in [4.69, 9.17) is 9.57 Å². The van der Waals surface area contributed by atoms with Crippen molar-refractivity contribution in [3.8, 4) is 0 Å². The van der Waals surface area contributed by atoms with Crippen LogP contribution in [-0.2, 0) is 30.6 Å². The van der Waals surface area contributed by atoms with Gasteiger partial charge in [-0.25, -0.2) is 4.79 Å². The molecule has 2 saturated heterocycles. The van der Waals surface area contributed by atoms with E-state index in [0.29, 0.717) is 32.4 Å². The van der Waals surface area contributed by atoms with Gasteiger partial charge in [-0.2, -0.15) is 5.06 Å². The zero-order chi connectivity index (χ0) is 25.4. The zero-order valence-corrected chi connectivity index (χ0v) is 20.5. The molecule has 35 heavy (non-hydrogen) atoms. The Balaban J connectivity index is 1.36. The monoisotopic (exact) mass is 489 g/mol. The van der Waals surface area contributed by atoms with E-state index in [-0.39, 0.29) is 37.4 Å². The van der Waals surface area contributed by atoms with Crippen LogP contribution in [0.5, 0.6) is 0 Å². The smallest absolute Gasteiger partial charge is 0.407 e. The van der Waals surface area contributed by atoms with Crippen LogP contribution in [0.2, 0.25) is 0 Å². The van der Waals surface area contributed by atoms with Crippen molar-refractivity contribution in [3.05, 3.63) is 35.9 Å². The highest BCUT2D eigenvalue weighted by Crippen LogP contribution is 2.26. The number of hydrogen-bond acceptors (Lipinski definition) is 7. The molecular formula is C24H35N5O6. The minimum absolute atomic E-state index is 0.0209. The summed E-state index contributed by atoms with van der Waals surface area (Å²) in [4.78, 5) is 56.4. The molecule has 2 fully saturated rings. The van der Waals surface area contributed by atoms with Crippen LogP contribution in [0, 0.1) is 0 Å². The summed E-state index contributed by atoms with van der Waals surface area (Å²) in [6.45, 7) is 6.43. The number of ether oxygens (including phenoxy) is 1. The van der Waals surface area contributed by atoms with E-state index in [0.717, 1.165) is 5.56 Å². The van der Waals surface area contributed by atoms with Crippen LogP contribution in [0.25, 0.3) is 0 Å². The lowest BCUT2D eigenvalue weighted by Gasteiger charge is -2.46. The van der Waals surface area contributed by atoms with E-state index < -0.39 is 23.6 Å². The number of piperidine rings is 1. The second-order valence-electron chi connectivity index (χ2n) is 9.70. The lowest BCUT2D eigenvalue weighted by Crippen LogP contribution is -2.65. The minimum atomic E-state index is -0.635. The highest BCUT2D eigenvalue weighted by Gasteiger charge is 2.43. The zero-order valence-electron chi connectivity index (χ0n) is 20.5. The van der Waals surface area contributed by atoms with Crippen LogP contribution < -0.4 is 16.2 Å². The van der Waals surface area contributed by atoms with E-state index in [1.54, 1.807) is 30.7 Å². The van der Waals surface area contributed by atoms with Crippen LogP contribution in [0.15, 0.2) is 30.3 Å². The molecule has 2 bridgehead atoms. The standard InChI is InChI=1S/C24H35N5O6/c1-24(2,3)35-23(33)25-13-7-10-20(30)26-27-22(32)19-12-11-18-14-28(19)21(31)15-29(18)34-16-17-8-5-4-6-9-17/h4-6,8-9,18-19H,7,10-16H2,1-3H3,(H,25,33)(H,26,30)(H,27,32). The molecule has 0 aliphatic carbocycles. The summed E-state index contributed by atoms with van der Waals surface area (Å²) in [7, 11) is 0. The second-order valence-corrected chi connectivity index (χ2v) is 9.70. The van der Waals surface area contributed by atoms with Gasteiger partial charge in [0.25, 0.3) is 5.91 Å². The predicted molar refractivity (Wildman–Crippen MR) is 126 cm³/mol. The normalized spacial score (nSPS) is 20.2. The maximum absolute atomic E-state index is 12.7. The SMILES string of the molecule is CC(C)(C)OC(=O)NCCCC(=O)NNC(=O)C1CCC2CN1C(=O)CN2OCc1ccccc1. The molecule has 192 valence electrons. The Hall–Kier alpha value is -3.18. The fourth-order valence-electron chi connectivity index (χ4n) is 4.00. The lowest BCUT2D eigenvalue weighted by molar-refractivity contribution is -0.226. The molecule has 0 radical (unpaired) electrons. The van der Waals surface area contributed by atoms with Gasteiger partial charge in [0.05, 0.1) is 12.6 Å². The van der Waals surface area contributed by atoms with Gasteiger partial charge in [-0.1, -0.05) is 30.3 Å². The number of alkyl carbamates (subject to hydrolysis) is 1. The summed E-state index contributed by atoms with van der Waals surface area (Å²) in [5.41, 5.74) is 5.24. The third kappa shape index (κ3) is 8.22. The van der Waals surface area contributed by atoms with Gasteiger partial charge in [-0.15, -0.1) is 0 Å². The number of piperazine rings is 1. The summed E-state index contributed by atoms with van der Waals surface area (Å²) in [5, 5.41) is 4.29. The first-order chi connectivity index (χ1) is 16.6. The Bertz CT molecular complexity index is 903. The van der Waals surface area contributed by atoms with Gasteiger partial charge < -0.3 is 15.0 Å². The van der Waals surface area contributed by atoms with Crippen molar-refractivity contribution >= 4 is 23.8 Å². The summed E-state index contributed by atoms with van der Waals surface area (Å²) >= 11 is 0. The Morgan fingerprint density at radius 3 is 2.54 bits per heavy atom. The Morgan fingerprint density at radius 1 is 1.09 bits per heavy atom. The number of hydroxylamine groups is 2. The van der Waals surface area contributed by atoms with E-state index in [1.807, 2.05) is 30.3 Å². The number of hydrazine groups is 1. The molecule has 0 spiro atoms. The molecule has 3 rings (SSSR count). The first kappa shape index (κ1) is 26.4. The fraction of sp³-hybridized carbons (Fsp3) is 0.583. The minimum Gasteiger partial charge on any atom is -0.444 e. The Morgan fingerprint density at radius 2 is 1.83 bits per heavy atom. The first-order valence-electron chi connectivity index (χ1n) is 11.9. The number of benzene rings is 1. The summed E-state index contributed by atoms with van der Waals surface area (Å²) in [6, 6.07) is 9.12. The van der Waals surface area contributed by atoms with Gasteiger partial charge >= 0.3 is 6.09 Å². The number of carbonyl (C=O) groups excluding carboxylic acids is 4. The molecular weight excluding hydrogens is 454 g/mol. The summed E-state index contributed by atoms with van der Waals surface area (Å²) in [5.74, 6) is -0.993. The van der Waals surface area contributed by atoms with Crippen molar-refractivity contribution in [2.24, 2.45) is 0 Å². The molecule has 3 N–H and O–H groups in total. The first-order valence-corrected chi connectivity index (χ1v) is 11.9. The van der Waals surface area contributed by atoms with E-state index in [9.17, 15) is 19.2 Å². The number of rotatable bonds is 8. The second kappa shape index (κ2) is 12.0. The molecule has 2 aliphatic rings. The molecule has 2 atom stereocenters.